The van der Waals surface area contributed by atoms with Crippen molar-refractivity contribution < 1.29 is 13.2 Å². The van der Waals surface area contributed by atoms with Gasteiger partial charge in [0.05, 0.1) is 11.4 Å². The number of hydrogen-bond donors (Lipinski definition) is 1. The Labute approximate surface area is 166 Å². The van der Waals surface area contributed by atoms with E-state index >= 15 is 0 Å². The van der Waals surface area contributed by atoms with Gasteiger partial charge in [0, 0.05) is 13.1 Å². The summed E-state index contributed by atoms with van der Waals surface area (Å²) in [7, 11) is -3.71. The fraction of sp³-hybridized carbons (Fsp3) is 0.227. The van der Waals surface area contributed by atoms with Crippen LogP contribution in [0.25, 0.3) is 10.8 Å². The largest absolute Gasteiger partial charge is 0.351 e. The highest BCUT2D eigenvalue weighted by atomic mass is 32.2. The van der Waals surface area contributed by atoms with Crippen LogP contribution in [-0.4, -0.2) is 31.7 Å². The fourth-order valence-corrected chi connectivity index (χ4v) is 4.49. The van der Waals surface area contributed by atoms with E-state index in [1.165, 1.54) is 4.31 Å². The molecule has 0 fully saturated rings. The SMILES string of the molecule is CCN(CC(=O)NCc1cccc2ccccc12)S(=O)(=O)c1ccc(C)cc1. The van der Waals surface area contributed by atoms with Crippen LogP contribution < -0.4 is 5.32 Å². The molecule has 0 aliphatic carbocycles. The number of amides is 1. The number of carbonyl (C=O) groups is 1. The average molecular weight is 397 g/mol. The molecule has 3 aromatic carbocycles. The van der Waals surface area contributed by atoms with Gasteiger partial charge in [-0.25, -0.2) is 8.42 Å². The van der Waals surface area contributed by atoms with Crippen molar-refractivity contribution in [2.75, 3.05) is 13.1 Å². The zero-order valence-electron chi connectivity index (χ0n) is 16.1. The van der Waals surface area contributed by atoms with Gasteiger partial charge in [0.25, 0.3) is 0 Å². The molecule has 3 rings (SSSR count). The fourth-order valence-electron chi connectivity index (χ4n) is 3.08. The van der Waals surface area contributed by atoms with E-state index in [9.17, 15) is 13.2 Å². The van der Waals surface area contributed by atoms with E-state index in [1.807, 2.05) is 49.4 Å². The lowest BCUT2D eigenvalue weighted by Gasteiger charge is -2.20. The Morgan fingerprint density at radius 1 is 0.964 bits per heavy atom. The van der Waals surface area contributed by atoms with Crippen molar-refractivity contribution in [3.05, 3.63) is 77.9 Å². The summed E-state index contributed by atoms with van der Waals surface area (Å²) < 4.78 is 26.8. The maximum absolute atomic E-state index is 12.8. The minimum atomic E-state index is -3.71. The summed E-state index contributed by atoms with van der Waals surface area (Å²) in [5.74, 6) is -0.328. The quantitative estimate of drug-likeness (QED) is 0.665. The lowest BCUT2D eigenvalue weighted by atomic mass is 10.0. The summed E-state index contributed by atoms with van der Waals surface area (Å²) in [6.07, 6.45) is 0. The van der Waals surface area contributed by atoms with Crippen LogP contribution in [0.15, 0.2) is 71.6 Å². The summed E-state index contributed by atoms with van der Waals surface area (Å²) >= 11 is 0. The van der Waals surface area contributed by atoms with Crippen LogP contribution in [0, 0.1) is 6.92 Å². The lowest BCUT2D eigenvalue weighted by Crippen LogP contribution is -2.40. The van der Waals surface area contributed by atoms with E-state index in [-0.39, 0.29) is 23.9 Å². The first kappa shape index (κ1) is 20.0. The first-order valence-electron chi connectivity index (χ1n) is 9.22. The number of hydrogen-bond acceptors (Lipinski definition) is 3. The van der Waals surface area contributed by atoms with Gasteiger partial charge in [-0.1, -0.05) is 67.1 Å². The molecule has 0 unspecified atom stereocenters. The average Bonchev–Trinajstić information content (AvgIpc) is 2.70. The molecule has 1 N–H and O–H groups in total. The van der Waals surface area contributed by atoms with Crippen LogP contribution in [0.3, 0.4) is 0 Å². The molecule has 0 radical (unpaired) electrons. The van der Waals surface area contributed by atoms with Crippen molar-refractivity contribution in [2.45, 2.75) is 25.3 Å². The molecule has 0 saturated carbocycles. The van der Waals surface area contributed by atoms with Crippen LogP contribution >= 0.6 is 0 Å². The molecule has 0 aliphatic rings. The summed E-state index contributed by atoms with van der Waals surface area (Å²) in [5.41, 5.74) is 1.98. The molecule has 6 heteroatoms. The highest BCUT2D eigenvalue weighted by molar-refractivity contribution is 7.89. The zero-order valence-corrected chi connectivity index (χ0v) is 16.9. The minimum absolute atomic E-state index is 0.196. The maximum atomic E-state index is 12.8. The topological polar surface area (TPSA) is 66.5 Å². The van der Waals surface area contributed by atoms with Gasteiger partial charge in [0.2, 0.25) is 15.9 Å². The second kappa shape index (κ2) is 8.54. The van der Waals surface area contributed by atoms with Gasteiger partial charge >= 0.3 is 0 Å². The van der Waals surface area contributed by atoms with Gasteiger partial charge in [-0.15, -0.1) is 0 Å². The number of likely N-dealkylation sites (N-methyl/N-ethyl adjacent to an activating group) is 1. The molecule has 0 spiro atoms. The van der Waals surface area contributed by atoms with Crippen LogP contribution in [0.1, 0.15) is 18.1 Å². The molecular weight excluding hydrogens is 372 g/mol. The van der Waals surface area contributed by atoms with Crippen molar-refractivity contribution in [1.29, 1.82) is 0 Å². The smallest absolute Gasteiger partial charge is 0.243 e. The summed E-state index contributed by atoms with van der Waals surface area (Å²) in [4.78, 5) is 12.6. The van der Waals surface area contributed by atoms with Crippen molar-refractivity contribution in [3.63, 3.8) is 0 Å². The van der Waals surface area contributed by atoms with E-state index < -0.39 is 10.0 Å². The minimum Gasteiger partial charge on any atom is -0.351 e. The second-order valence-corrected chi connectivity index (χ2v) is 8.60. The highest BCUT2D eigenvalue weighted by Crippen LogP contribution is 2.19. The first-order chi connectivity index (χ1) is 13.4. The van der Waals surface area contributed by atoms with Gasteiger partial charge in [-0.05, 0) is 35.4 Å². The standard InChI is InChI=1S/C22H24N2O3S/c1-3-24(28(26,27)20-13-11-17(2)12-14-20)16-22(25)23-15-19-9-6-8-18-7-4-5-10-21(18)19/h4-14H,3,15-16H2,1-2H3,(H,23,25). The third-order valence-corrected chi connectivity index (χ3v) is 6.62. The zero-order chi connectivity index (χ0) is 20.1. The second-order valence-electron chi connectivity index (χ2n) is 6.66. The number of nitrogens with zero attached hydrogens (tertiary/aromatic N) is 1. The molecule has 146 valence electrons. The molecule has 0 heterocycles. The molecule has 0 aliphatic heterocycles. The number of carbonyl (C=O) groups excluding carboxylic acids is 1. The number of aryl methyl sites for hydroxylation is 1. The van der Waals surface area contributed by atoms with Gasteiger partial charge in [-0.2, -0.15) is 4.31 Å². The molecule has 5 nitrogen and oxygen atoms in total. The van der Waals surface area contributed by atoms with Gasteiger partial charge in [0.1, 0.15) is 0 Å². The van der Waals surface area contributed by atoms with Crippen LogP contribution in [0.4, 0.5) is 0 Å². The number of rotatable bonds is 7. The van der Waals surface area contributed by atoms with Crippen LogP contribution in [0.5, 0.6) is 0 Å². The van der Waals surface area contributed by atoms with Gasteiger partial charge < -0.3 is 5.32 Å². The molecule has 0 atom stereocenters. The predicted molar refractivity (Wildman–Crippen MR) is 111 cm³/mol. The molecule has 0 saturated heterocycles. The Bertz CT molecular complexity index is 1070. The van der Waals surface area contributed by atoms with E-state index in [1.54, 1.807) is 31.2 Å². The first-order valence-corrected chi connectivity index (χ1v) is 10.7. The lowest BCUT2D eigenvalue weighted by molar-refractivity contribution is -0.121. The molecule has 3 aromatic rings. The van der Waals surface area contributed by atoms with E-state index in [2.05, 4.69) is 5.32 Å². The Morgan fingerprint density at radius 2 is 1.64 bits per heavy atom. The highest BCUT2D eigenvalue weighted by Gasteiger charge is 2.25. The summed E-state index contributed by atoms with van der Waals surface area (Å²) in [6, 6.07) is 20.5. The van der Waals surface area contributed by atoms with E-state index in [0.717, 1.165) is 21.9 Å². The Kier molecular flexibility index (Phi) is 6.11. The normalized spacial score (nSPS) is 11.7. The monoisotopic (exact) mass is 396 g/mol. The maximum Gasteiger partial charge on any atom is 0.243 e. The van der Waals surface area contributed by atoms with Crippen LogP contribution in [-0.2, 0) is 21.4 Å². The number of nitrogens with one attached hydrogen (secondary N) is 1. The van der Waals surface area contributed by atoms with Crippen molar-refractivity contribution in [3.8, 4) is 0 Å². The summed E-state index contributed by atoms with van der Waals surface area (Å²) in [5, 5.41) is 5.02. The van der Waals surface area contributed by atoms with Crippen molar-refractivity contribution >= 4 is 26.7 Å². The number of fused-ring (bicyclic) bond motifs is 1. The van der Waals surface area contributed by atoms with Crippen molar-refractivity contribution in [1.82, 2.24) is 9.62 Å². The van der Waals surface area contributed by atoms with Gasteiger partial charge in [-0.3, -0.25) is 4.79 Å². The number of benzene rings is 3. The van der Waals surface area contributed by atoms with Crippen LogP contribution in [0.2, 0.25) is 0 Å². The number of sulfonamides is 1. The van der Waals surface area contributed by atoms with E-state index in [4.69, 9.17) is 0 Å². The molecule has 0 aromatic heterocycles. The molecule has 28 heavy (non-hydrogen) atoms. The third kappa shape index (κ3) is 4.40. The van der Waals surface area contributed by atoms with Gasteiger partial charge in [0.15, 0.2) is 0 Å². The predicted octanol–water partition coefficient (Wildman–Crippen LogP) is 3.48. The summed E-state index contributed by atoms with van der Waals surface area (Å²) in [6.45, 7) is 3.98. The Morgan fingerprint density at radius 3 is 2.36 bits per heavy atom. The molecule has 0 bridgehead atoms. The Balaban J connectivity index is 1.69. The third-order valence-electron chi connectivity index (χ3n) is 4.69. The molecule has 1 amide bonds. The van der Waals surface area contributed by atoms with E-state index in [0.29, 0.717) is 6.54 Å². The Hall–Kier alpha value is -2.70. The van der Waals surface area contributed by atoms with Crippen molar-refractivity contribution in [2.24, 2.45) is 0 Å². The molecular formula is C22H24N2O3S.